The number of thiophene rings is 1. The van der Waals surface area contributed by atoms with Crippen molar-refractivity contribution in [2.24, 2.45) is 5.92 Å². The monoisotopic (exact) mass is 451 g/mol. The minimum absolute atomic E-state index is 0.142. The van der Waals surface area contributed by atoms with Crippen LogP contribution >= 0.6 is 11.3 Å². The molecule has 1 aliphatic heterocycles. The third kappa shape index (κ3) is 5.40. The van der Waals surface area contributed by atoms with Crippen LogP contribution in [0.3, 0.4) is 0 Å². The Labute approximate surface area is 192 Å². The number of hydrogen-bond donors (Lipinski definition) is 1. The van der Waals surface area contributed by atoms with Crippen molar-refractivity contribution in [3.8, 4) is 5.75 Å². The molecule has 1 saturated heterocycles. The Kier molecular flexibility index (Phi) is 6.95. The summed E-state index contributed by atoms with van der Waals surface area (Å²) < 4.78 is 11.2. The van der Waals surface area contributed by atoms with Gasteiger partial charge >= 0.3 is 6.03 Å². The van der Waals surface area contributed by atoms with Crippen molar-refractivity contribution in [3.63, 3.8) is 0 Å². The number of likely N-dealkylation sites (tertiary alicyclic amines) is 1. The van der Waals surface area contributed by atoms with Gasteiger partial charge in [-0.15, -0.1) is 0 Å². The van der Waals surface area contributed by atoms with Crippen molar-refractivity contribution in [1.82, 2.24) is 10.1 Å². The van der Waals surface area contributed by atoms with Crippen LogP contribution in [0.2, 0.25) is 0 Å². The summed E-state index contributed by atoms with van der Waals surface area (Å²) in [5.74, 6) is 1.59. The average Bonchev–Trinajstić information content (AvgIpc) is 3.41. The van der Waals surface area contributed by atoms with Gasteiger partial charge in [-0.1, -0.05) is 35.9 Å². The van der Waals surface area contributed by atoms with Gasteiger partial charge in [-0.3, -0.25) is 5.32 Å². The first-order valence-electron chi connectivity index (χ1n) is 10.9. The van der Waals surface area contributed by atoms with Crippen LogP contribution in [0.15, 0.2) is 51.2 Å². The second-order valence-corrected chi connectivity index (χ2v) is 9.05. The van der Waals surface area contributed by atoms with Crippen molar-refractivity contribution in [3.05, 3.63) is 69.0 Å². The molecule has 3 heterocycles. The van der Waals surface area contributed by atoms with Crippen LogP contribution < -0.4 is 10.1 Å². The molecule has 2 amide bonds. The van der Waals surface area contributed by atoms with Crippen LogP contribution in [-0.2, 0) is 6.42 Å². The van der Waals surface area contributed by atoms with E-state index in [9.17, 15) is 4.79 Å². The molecule has 4 rings (SSSR count). The molecule has 1 aliphatic rings. The zero-order valence-electron chi connectivity index (χ0n) is 18.8. The minimum Gasteiger partial charge on any atom is -0.493 e. The van der Waals surface area contributed by atoms with Crippen molar-refractivity contribution >= 4 is 29.3 Å². The molecule has 0 saturated carbocycles. The predicted molar refractivity (Wildman–Crippen MR) is 128 cm³/mol. The zero-order valence-corrected chi connectivity index (χ0v) is 19.6. The summed E-state index contributed by atoms with van der Waals surface area (Å²) in [6, 6.07) is 10.2. The van der Waals surface area contributed by atoms with E-state index >= 15 is 0 Å². The van der Waals surface area contributed by atoms with Gasteiger partial charge in [0.05, 0.1) is 12.3 Å². The van der Waals surface area contributed by atoms with Gasteiger partial charge in [0.2, 0.25) is 5.88 Å². The average molecular weight is 452 g/mol. The molecule has 0 bridgehead atoms. The molecule has 3 aromatic rings. The van der Waals surface area contributed by atoms with E-state index in [1.54, 1.807) is 11.3 Å². The molecular weight excluding hydrogens is 422 g/mol. The van der Waals surface area contributed by atoms with Crippen molar-refractivity contribution in [1.29, 1.82) is 0 Å². The highest BCUT2D eigenvalue weighted by Crippen LogP contribution is 2.27. The molecule has 1 aromatic carbocycles. The van der Waals surface area contributed by atoms with Crippen LogP contribution in [-0.4, -0.2) is 35.8 Å². The van der Waals surface area contributed by atoms with E-state index in [-0.39, 0.29) is 11.9 Å². The zero-order chi connectivity index (χ0) is 22.5. The molecule has 1 unspecified atom stereocenters. The molecule has 0 aliphatic carbocycles. The van der Waals surface area contributed by atoms with E-state index in [0.717, 1.165) is 35.4 Å². The fourth-order valence-corrected chi connectivity index (χ4v) is 4.49. The summed E-state index contributed by atoms with van der Waals surface area (Å²) in [5, 5.41) is 11.0. The Balaban J connectivity index is 1.33. The molecule has 0 spiro atoms. The molecule has 168 valence electrons. The third-order valence-corrected chi connectivity index (χ3v) is 6.64. The maximum atomic E-state index is 12.7. The summed E-state index contributed by atoms with van der Waals surface area (Å²) in [6.45, 7) is 7.92. The highest BCUT2D eigenvalue weighted by Gasteiger charge is 2.25. The van der Waals surface area contributed by atoms with Gasteiger partial charge in [-0.2, -0.15) is 11.3 Å². The molecule has 1 N–H and O–H groups in total. The molecule has 32 heavy (non-hydrogen) atoms. The summed E-state index contributed by atoms with van der Waals surface area (Å²) in [6.07, 6.45) is 3.98. The normalized spacial score (nSPS) is 17.5. The number of piperidine rings is 1. The summed E-state index contributed by atoms with van der Waals surface area (Å²) in [4.78, 5) is 14.5. The number of rotatable bonds is 6. The maximum Gasteiger partial charge on any atom is 0.324 e. The number of benzene rings is 1. The van der Waals surface area contributed by atoms with Crippen molar-refractivity contribution < 1.29 is 14.1 Å². The molecule has 6 nitrogen and oxygen atoms in total. The van der Waals surface area contributed by atoms with Crippen LogP contribution in [0, 0.1) is 19.8 Å². The van der Waals surface area contributed by atoms with Gasteiger partial charge in [-0.25, -0.2) is 4.79 Å². The molecule has 0 radical (unpaired) electrons. The van der Waals surface area contributed by atoms with E-state index in [2.05, 4.69) is 52.4 Å². The lowest BCUT2D eigenvalue weighted by atomic mass is 9.91. The van der Waals surface area contributed by atoms with Gasteiger partial charge < -0.3 is 14.2 Å². The van der Waals surface area contributed by atoms with Crippen molar-refractivity contribution in [2.75, 3.05) is 25.0 Å². The topological polar surface area (TPSA) is 67.6 Å². The number of aryl methyl sites for hydroxylation is 1. The highest BCUT2D eigenvalue weighted by atomic mass is 32.1. The third-order valence-electron chi connectivity index (χ3n) is 5.91. The van der Waals surface area contributed by atoms with E-state index < -0.39 is 0 Å². The number of carbonyl (C=O) groups excluding carboxylic acids is 1. The van der Waals surface area contributed by atoms with Crippen molar-refractivity contribution in [2.45, 2.75) is 33.6 Å². The second-order valence-electron chi connectivity index (χ2n) is 8.27. The molecular formula is C25H29N3O3S. The first-order chi connectivity index (χ1) is 15.5. The van der Waals surface area contributed by atoms with Crippen LogP contribution in [0.25, 0.3) is 6.08 Å². The van der Waals surface area contributed by atoms with Gasteiger partial charge in [0.1, 0.15) is 5.75 Å². The van der Waals surface area contributed by atoms with E-state index in [1.807, 2.05) is 30.9 Å². The van der Waals surface area contributed by atoms with Gasteiger partial charge in [0, 0.05) is 25.1 Å². The number of anilines is 1. The smallest absolute Gasteiger partial charge is 0.324 e. The number of urea groups is 1. The first-order valence-corrected chi connectivity index (χ1v) is 11.9. The predicted octanol–water partition coefficient (Wildman–Crippen LogP) is 5.93. The number of nitrogens with zero attached hydrogens (tertiary/aromatic N) is 2. The highest BCUT2D eigenvalue weighted by molar-refractivity contribution is 7.07. The molecule has 2 aromatic heterocycles. The lowest BCUT2D eigenvalue weighted by Gasteiger charge is -2.33. The Morgan fingerprint density at radius 3 is 2.97 bits per heavy atom. The quantitative estimate of drug-likeness (QED) is 0.504. The van der Waals surface area contributed by atoms with Gasteiger partial charge in [-0.05, 0) is 66.3 Å². The Hall–Kier alpha value is -3.06. The van der Waals surface area contributed by atoms with Crippen LogP contribution in [0.5, 0.6) is 5.75 Å². The van der Waals surface area contributed by atoms with E-state index in [0.29, 0.717) is 25.6 Å². The summed E-state index contributed by atoms with van der Waals surface area (Å²) in [5.41, 5.74) is 5.44. The number of amides is 2. The molecule has 1 fully saturated rings. The number of hydrogen-bond acceptors (Lipinski definition) is 5. The van der Waals surface area contributed by atoms with Crippen LogP contribution in [0.4, 0.5) is 10.7 Å². The lowest BCUT2D eigenvalue weighted by molar-refractivity contribution is 0.197. The Morgan fingerprint density at radius 2 is 2.25 bits per heavy atom. The maximum absolute atomic E-state index is 12.7. The van der Waals surface area contributed by atoms with E-state index in [4.69, 9.17) is 9.26 Å². The first kappa shape index (κ1) is 22.1. The van der Waals surface area contributed by atoms with Gasteiger partial charge in [0.25, 0.3) is 0 Å². The fraction of sp³-hybridized carbons (Fsp3) is 0.360. The largest absolute Gasteiger partial charge is 0.493 e. The summed E-state index contributed by atoms with van der Waals surface area (Å²) in [7, 11) is 0. The van der Waals surface area contributed by atoms with Gasteiger partial charge in [0.15, 0.2) is 0 Å². The number of carbonyl (C=O) groups is 1. The molecule has 7 heteroatoms. The summed E-state index contributed by atoms with van der Waals surface area (Å²) >= 11 is 1.71. The number of aromatic nitrogens is 1. The molecule has 1 atom stereocenters. The standard InChI is InChI=1S/C25H29N3O3S/c1-17-15-28(25(29)26-24-18(2)19(3)27-31-24)10-7-22(17)13-21-5-4-6-23(14-21)30-11-8-20-9-12-32-16-20/h4-6,9,12-14,16-17H,7-8,10-11,15H2,1-3H3,(H,26,29). The Bertz CT molecular complexity index is 1090. The minimum atomic E-state index is -0.142. The second kappa shape index (κ2) is 10.0. The van der Waals surface area contributed by atoms with E-state index in [1.165, 1.54) is 11.1 Å². The number of nitrogens with one attached hydrogen (secondary N) is 1. The fourth-order valence-electron chi connectivity index (χ4n) is 3.79. The van der Waals surface area contributed by atoms with Crippen LogP contribution in [0.1, 0.15) is 35.7 Å². The Morgan fingerprint density at radius 1 is 1.38 bits per heavy atom. The lowest BCUT2D eigenvalue weighted by Crippen LogP contribution is -2.42. The number of ether oxygens (including phenoxy) is 1. The SMILES string of the molecule is Cc1noc(NC(=O)N2CCC(=Cc3cccc(OCCc4ccsc4)c3)C(C)C2)c1C.